The normalized spacial score (nSPS) is 18.8. The van der Waals surface area contributed by atoms with Gasteiger partial charge in [0.15, 0.2) is 5.82 Å². The lowest BCUT2D eigenvalue weighted by Crippen LogP contribution is -2.56. The van der Waals surface area contributed by atoms with Crippen LogP contribution in [-0.4, -0.2) is 132 Å². The maximum absolute atomic E-state index is 13.6. The van der Waals surface area contributed by atoms with Crippen molar-refractivity contribution in [3.8, 4) is 22.4 Å². The molecule has 18 nitrogen and oxygen atoms in total. The quantitative estimate of drug-likeness (QED) is 0.131. The summed E-state index contributed by atoms with van der Waals surface area (Å²) >= 11 is 0. The predicted octanol–water partition coefficient (Wildman–Crippen LogP) is 3.73. The topological polar surface area (TPSA) is 222 Å². The summed E-state index contributed by atoms with van der Waals surface area (Å²) in [6.45, 7) is 4.23. The second kappa shape index (κ2) is 17.8. The highest BCUT2D eigenvalue weighted by Crippen LogP contribution is 2.34. The Balaban J connectivity index is 1.15. The summed E-state index contributed by atoms with van der Waals surface area (Å²) in [5.74, 6) is -0.131. The number of fused-ring (bicyclic) bond motifs is 1. The van der Waals surface area contributed by atoms with Gasteiger partial charge in [-0.2, -0.15) is 5.10 Å². The third-order valence-corrected chi connectivity index (χ3v) is 10.8. The van der Waals surface area contributed by atoms with Gasteiger partial charge < -0.3 is 49.7 Å². The molecule has 6 atom stereocenters. The molecule has 5 amide bonds. The van der Waals surface area contributed by atoms with Gasteiger partial charge in [0.25, 0.3) is 0 Å². The van der Waals surface area contributed by atoms with E-state index in [4.69, 9.17) is 18.9 Å². The molecule has 304 valence electrons. The minimum absolute atomic E-state index is 0.275. The summed E-state index contributed by atoms with van der Waals surface area (Å²) in [6.07, 6.45) is 1.56. The summed E-state index contributed by atoms with van der Waals surface area (Å²) in [5, 5.41) is 16.1. The van der Waals surface area contributed by atoms with Crippen molar-refractivity contribution in [2.24, 2.45) is 0 Å². The zero-order valence-corrected chi connectivity index (χ0v) is 32.8. The van der Waals surface area contributed by atoms with Crippen LogP contribution in [0.3, 0.4) is 0 Å². The average molecular weight is 788 g/mol. The van der Waals surface area contributed by atoms with Crippen LogP contribution < -0.4 is 16.0 Å². The third-order valence-electron chi connectivity index (χ3n) is 10.8. The monoisotopic (exact) mass is 787 g/mol. The highest BCUT2D eigenvalue weighted by atomic mass is 16.5. The Labute approximate surface area is 329 Å². The smallest absolute Gasteiger partial charge is 0.407 e. The van der Waals surface area contributed by atoms with Crippen molar-refractivity contribution in [2.45, 2.75) is 75.9 Å². The number of hydrogen-bond donors (Lipinski definition) is 5. The van der Waals surface area contributed by atoms with E-state index in [0.29, 0.717) is 49.4 Å². The maximum atomic E-state index is 13.6. The molecule has 4 heterocycles. The first-order chi connectivity index (χ1) is 27.5. The van der Waals surface area contributed by atoms with Gasteiger partial charge in [-0.15, -0.1) is 0 Å². The Bertz CT molecular complexity index is 2080. The number of likely N-dealkylation sites (tertiary alicyclic amines) is 2. The molecule has 2 saturated heterocycles. The summed E-state index contributed by atoms with van der Waals surface area (Å²) < 4.78 is 20.2. The van der Waals surface area contributed by atoms with Crippen LogP contribution in [0.25, 0.3) is 33.3 Å². The van der Waals surface area contributed by atoms with E-state index in [1.54, 1.807) is 24.9 Å². The number of anilines is 1. The van der Waals surface area contributed by atoms with Crippen LogP contribution in [0.2, 0.25) is 0 Å². The molecule has 57 heavy (non-hydrogen) atoms. The van der Waals surface area contributed by atoms with Crippen LogP contribution in [0.4, 0.5) is 15.4 Å². The van der Waals surface area contributed by atoms with Crippen LogP contribution in [-0.2, 0) is 33.3 Å². The van der Waals surface area contributed by atoms with E-state index in [-0.39, 0.29) is 11.9 Å². The zero-order valence-electron chi connectivity index (χ0n) is 32.8. The molecule has 0 aliphatic carbocycles. The second-order valence-corrected chi connectivity index (χ2v) is 14.1. The lowest BCUT2D eigenvalue weighted by Gasteiger charge is -2.30. The summed E-state index contributed by atoms with van der Waals surface area (Å²) in [7, 11) is 5.37. The van der Waals surface area contributed by atoms with E-state index >= 15 is 0 Å². The molecule has 2 aromatic heterocycles. The molecule has 2 fully saturated rings. The Morgan fingerprint density at radius 1 is 0.772 bits per heavy atom. The number of methoxy groups -OCH3 is 4. The third kappa shape index (κ3) is 8.71. The van der Waals surface area contributed by atoms with Crippen molar-refractivity contribution >= 4 is 46.6 Å². The Kier molecular flexibility index (Phi) is 12.7. The van der Waals surface area contributed by atoms with E-state index in [9.17, 15) is 24.0 Å². The lowest BCUT2D eigenvalue weighted by atomic mass is 10.0. The van der Waals surface area contributed by atoms with Crippen LogP contribution in [0.1, 0.15) is 51.4 Å². The van der Waals surface area contributed by atoms with Crippen LogP contribution in [0, 0.1) is 0 Å². The van der Waals surface area contributed by atoms with Gasteiger partial charge in [-0.3, -0.25) is 19.5 Å². The first kappa shape index (κ1) is 40.6. The van der Waals surface area contributed by atoms with Gasteiger partial charge in [-0.25, -0.2) is 14.6 Å². The van der Waals surface area contributed by atoms with Crippen molar-refractivity contribution in [2.75, 3.05) is 46.8 Å². The molecule has 0 radical (unpaired) electrons. The number of rotatable bonds is 13. The van der Waals surface area contributed by atoms with E-state index < -0.39 is 54.3 Å². The minimum Gasteiger partial charge on any atom is -0.453 e. The van der Waals surface area contributed by atoms with E-state index in [0.717, 1.165) is 34.3 Å². The molecular formula is C39H49N9O9. The Morgan fingerprint density at radius 2 is 1.35 bits per heavy atom. The van der Waals surface area contributed by atoms with Crippen molar-refractivity contribution in [1.29, 1.82) is 0 Å². The Hall–Kier alpha value is -6.01. The standard InChI is InChI=1S/C39H49N9O9/c1-21(54-3)31(42-38(52)56-5)36(50)47-17-7-9-29(47)34-40-20-28(41-34)24-13-11-23(12-14-24)25-15-16-27-26(19-25)33(46-45-27)44-35(49)30-10-8-18-48(30)37(51)32(22(2)55-4)43-39(53)57-6/h11-16,19-22,29-32H,7-10,17-18H2,1-6H3,(H,40,41)(H,42,52)(H,43,53)(H2,44,45,46,49)/t21-,22-,29+,30+,31+,32+/m1/s1. The fourth-order valence-corrected chi connectivity index (χ4v) is 7.36. The van der Waals surface area contributed by atoms with Gasteiger partial charge in [0.1, 0.15) is 23.9 Å². The van der Waals surface area contributed by atoms with Gasteiger partial charge in [0.05, 0.1) is 49.9 Å². The van der Waals surface area contributed by atoms with Crippen LogP contribution >= 0.6 is 0 Å². The van der Waals surface area contributed by atoms with E-state index in [1.807, 2.05) is 42.5 Å². The lowest BCUT2D eigenvalue weighted by molar-refractivity contribution is -0.141. The molecule has 0 unspecified atom stereocenters. The van der Waals surface area contributed by atoms with Crippen LogP contribution in [0.5, 0.6) is 0 Å². The number of nitrogens with one attached hydrogen (secondary N) is 5. The number of aromatic nitrogens is 4. The predicted molar refractivity (Wildman–Crippen MR) is 208 cm³/mol. The number of hydrogen-bond acceptors (Lipinski definition) is 11. The fourth-order valence-electron chi connectivity index (χ4n) is 7.36. The van der Waals surface area contributed by atoms with Crippen molar-refractivity contribution < 1.29 is 42.9 Å². The zero-order chi connectivity index (χ0) is 40.8. The molecule has 18 heteroatoms. The molecule has 5 N–H and O–H groups in total. The maximum Gasteiger partial charge on any atom is 0.407 e. The first-order valence-corrected chi connectivity index (χ1v) is 18.8. The molecule has 2 aliphatic heterocycles. The van der Waals surface area contributed by atoms with E-state index in [2.05, 4.69) is 36.1 Å². The second-order valence-electron chi connectivity index (χ2n) is 14.1. The number of H-pyrrole nitrogens is 2. The molecule has 0 bridgehead atoms. The van der Waals surface area contributed by atoms with Gasteiger partial charge in [-0.1, -0.05) is 30.3 Å². The number of carbonyl (C=O) groups excluding carboxylic acids is 5. The molecule has 2 aromatic carbocycles. The van der Waals surface area contributed by atoms with Crippen molar-refractivity contribution in [3.63, 3.8) is 0 Å². The molecular weight excluding hydrogens is 738 g/mol. The summed E-state index contributed by atoms with van der Waals surface area (Å²) in [6, 6.07) is 10.7. The molecule has 6 rings (SSSR count). The SMILES string of the molecule is COC(=O)N[C@H](C(=O)N1CCC[C@H]1C(=O)Nc1n[nH]c2ccc(-c3ccc(-c4cnc([C@@H]5CCCN5C(=O)[C@@H](NC(=O)OC)[C@@H](C)OC)[nH]4)cc3)cc12)[C@@H](C)OC. The minimum atomic E-state index is -1.04. The number of alkyl carbamates (subject to hydrolysis) is 2. The van der Waals surface area contributed by atoms with Crippen molar-refractivity contribution in [1.82, 2.24) is 40.6 Å². The highest BCUT2D eigenvalue weighted by molar-refractivity contribution is 6.04. The molecule has 0 saturated carbocycles. The number of carbonyl (C=O) groups is 5. The van der Waals surface area contributed by atoms with Gasteiger partial charge >= 0.3 is 12.2 Å². The molecule has 4 aromatic rings. The number of amides is 5. The number of imidazole rings is 1. The Morgan fingerprint density at radius 3 is 1.98 bits per heavy atom. The average Bonchev–Trinajstić information content (AvgIpc) is 4.08. The number of ether oxygens (including phenoxy) is 4. The number of aromatic amines is 2. The largest absolute Gasteiger partial charge is 0.453 e. The van der Waals surface area contributed by atoms with E-state index in [1.165, 1.54) is 33.3 Å². The summed E-state index contributed by atoms with van der Waals surface area (Å²) in [5.41, 5.74) is 4.20. The number of nitrogens with zero attached hydrogens (tertiary/aromatic N) is 4. The first-order valence-electron chi connectivity index (χ1n) is 18.8. The van der Waals surface area contributed by atoms with Crippen molar-refractivity contribution in [3.05, 3.63) is 54.5 Å². The van der Waals surface area contributed by atoms with Gasteiger partial charge in [0, 0.05) is 32.7 Å². The highest BCUT2D eigenvalue weighted by Gasteiger charge is 2.41. The van der Waals surface area contributed by atoms with Gasteiger partial charge in [0.2, 0.25) is 17.7 Å². The molecule has 2 aliphatic rings. The van der Waals surface area contributed by atoms with Crippen LogP contribution in [0.15, 0.2) is 48.7 Å². The summed E-state index contributed by atoms with van der Waals surface area (Å²) in [4.78, 5) is 76.1. The fraction of sp³-hybridized carbons (Fsp3) is 0.462. The van der Waals surface area contributed by atoms with Gasteiger partial charge in [-0.05, 0) is 68.4 Å². The molecule has 0 spiro atoms. The number of benzene rings is 2.